The number of rotatable bonds is 2. The van der Waals surface area contributed by atoms with E-state index in [0.717, 1.165) is 48.1 Å². The van der Waals surface area contributed by atoms with E-state index in [4.69, 9.17) is 0 Å². The average Bonchev–Trinajstić information content (AvgIpc) is 2.70. The molecular weight excluding hydrogens is 234 g/mol. The second-order valence-corrected chi connectivity index (χ2v) is 5.47. The molecule has 1 aromatic rings. The van der Waals surface area contributed by atoms with Crippen LogP contribution in [-0.4, -0.2) is 35.3 Å². The van der Waals surface area contributed by atoms with Crippen LogP contribution in [0, 0.1) is 12.8 Å². The summed E-state index contributed by atoms with van der Waals surface area (Å²) < 4.78 is 4.25. The van der Waals surface area contributed by atoms with Gasteiger partial charge in [-0.15, -0.1) is 0 Å². The van der Waals surface area contributed by atoms with Gasteiger partial charge in [0.25, 0.3) is 5.91 Å². The van der Waals surface area contributed by atoms with Crippen molar-refractivity contribution in [2.45, 2.75) is 26.7 Å². The van der Waals surface area contributed by atoms with Crippen molar-refractivity contribution in [3.05, 3.63) is 11.3 Å². The molecule has 0 unspecified atom stereocenters. The molecule has 1 aliphatic rings. The molecule has 17 heavy (non-hydrogen) atoms. The number of nitrogens with one attached hydrogen (secondary N) is 1. The zero-order chi connectivity index (χ0) is 12.4. The number of likely N-dealkylation sites (tertiary alicyclic amines) is 1. The van der Waals surface area contributed by atoms with E-state index in [1.807, 2.05) is 18.9 Å². The predicted molar refractivity (Wildman–Crippen MR) is 70.7 cm³/mol. The van der Waals surface area contributed by atoms with Gasteiger partial charge in [-0.2, -0.15) is 4.37 Å². The Bertz CT molecular complexity index is 408. The van der Waals surface area contributed by atoms with Gasteiger partial charge in [-0.05, 0) is 37.2 Å². The Kier molecular flexibility index (Phi) is 3.66. The molecule has 0 saturated carbocycles. The molecule has 0 aromatic carbocycles. The molecule has 1 aliphatic heterocycles. The van der Waals surface area contributed by atoms with Gasteiger partial charge < -0.3 is 10.2 Å². The van der Waals surface area contributed by atoms with Crippen molar-refractivity contribution in [2.75, 3.05) is 25.5 Å². The van der Waals surface area contributed by atoms with Crippen LogP contribution in [0.25, 0.3) is 0 Å². The Morgan fingerprint density at radius 2 is 2.12 bits per heavy atom. The van der Waals surface area contributed by atoms with Crippen LogP contribution in [0.15, 0.2) is 0 Å². The molecule has 0 atom stereocenters. The van der Waals surface area contributed by atoms with Crippen molar-refractivity contribution in [3.63, 3.8) is 0 Å². The highest BCUT2D eigenvalue weighted by Gasteiger charge is 2.26. The van der Waals surface area contributed by atoms with Gasteiger partial charge >= 0.3 is 0 Å². The lowest BCUT2D eigenvalue weighted by molar-refractivity contribution is 0.0697. The number of aryl methyl sites for hydroxylation is 1. The van der Waals surface area contributed by atoms with Gasteiger partial charge in [-0.3, -0.25) is 4.79 Å². The van der Waals surface area contributed by atoms with Crippen LogP contribution in [0.5, 0.6) is 0 Å². The molecule has 94 valence electrons. The second kappa shape index (κ2) is 5.04. The number of carbonyl (C=O) groups excluding carboxylic acids is 1. The van der Waals surface area contributed by atoms with Gasteiger partial charge in [-0.25, -0.2) is 0 Å². The lowest BCUT2D eigenvalue weighted by Gasteiger charge is -2.30. The van der Waals surface area contributed by atoms with E-state index in [9.17, 15) is 4.79 Å². The largest absolute Gasteiger partial charge is 0.378 e. The Labute approximate surface area is 106 Å². The van der Waals surface area contributed by atoms with Gasteiger partial charge in [0, 0.05) is 20.1 Å². The molecule has 4 nitrogen and oxygen atoms in total. The fourth-order valence-corrected chi connectivity index (χ4v) is 2.90. The van der Waals surface area contributed by atoms with Crippen LogP contribution >= 0.6 is 11.5 Å². The smallest absolute Gasteiger partial charge is 0.258 e. The van der Waals surface area contributed by atoms with Gasteiger partial charge in [0.2, 0.25) is 0 Å². The van der Waals surface area contributed by atoms with Crippen molar-refractivity contribution in [1.29, 1.82) is 0 Å². The van der Waals surface area contributed by atoms with Crippen molar-refractivity contribution in [3.8, 4) is 0 Å². The number of carbonyl (C=O) groups is 1. The van der Waals surface area contributed by atoms with Crippen LogP contribution in [0.1, 0.15) is 35.8 Å². The van der Waals surface area contributed by atoms with Crippen LogP contribution in [0.4, 0.5) is 5.00 Å². The molecule has 5 heteroatoms. The minimum atomic E-state index is 0.132. The SMILES string of the molecule is CNc1snc(C)c1C(=O)N1CCC(C)CC1. The minimum absolute atomic E-state index is 0.132. The highest BCUT2D eigenvalue weighted by molar-refractivity contribution is 7.10. The summed E-state index contributed by atoms with van der Waals surface area (Å²) in [6.45, 7) is 5.90. The van der Waals surface area contributed by atoms with Crippen LogP contribution in [-0.2, 0) is 0 Å². The monoisotopic (exact) mass is 253 g/mol. The summed E-state index contributed by atoms with van der Waals surface area (Å²) in [6.07, 6.45) is 2.22. The third-order valence-corrected chi connectivity index (χ3v) is 4.33. The molecule has 1 aromatic heterocycles. The number of nitrogens with zero attached hydrogens (tertiary/aromatic N) is 2. The fraction of sp³-hybridized carbons (Fsp3) is 0.667. The van der Waals surface area contributed by atoms with Crippen molar-refractivity contribution in [2.24, 2.45) is 5.92 Å². The summed E-state index contributed by atoms with van der Waals surface area (Å²) in [5.41, 5.74) is 1.59. The molecule has 1 fully saturated rings. The van der Waals surface area contributed by atoms with E-state index < -0.39 is 0 Å². The summed E-state index contributed by atoms with van der Waals surface area (Å²) in [5.74, 6) is 0.872. The molecule has 0 bridgehead atoms. The molecule has 1 saturated heterocycles. The summed E-state index contributed by atoms with van der Waals surface area (Å²) in [4.78, 5) is 14.4. The third-order valence-electron chi connectivity index (χ3n) is 3.37. The molecule has 0 spiro atoms. The maximum Gasteiger partial charge on any atom is 0.258 e. The molecule has 2 heterocycles. The summed E-state index contributed by atoms with van der Waals surface area (Å²) in [5, 5.41) is 3.93. The zero-order valence-electron chi connectivity index (χ0n) is 10.6. The van der Waals surface area contributed by atoms with Crippen molar-refractivity contribution in [1.82, 2.24) is 9.27 Å². The molecule has 0 aliphatic carbocycles. The summed E-state index contributed by atoms with van der Waals surface area (Å²) >= 11 is 1.36. The summed E-state index contributed by atoms with van der Waals surface area (Å²) in [7, 11) is 1.84. The Hall–Kier alpha value is -1.10. The first-order chi connectivity index (χ1) is 8.13. The number of hydrogen-bond donors (Lipinski definition) is 1. The molecule has 1 N–H and O–H groups in total. The van der Waals surface area contributed by atoms with Gasteiger partial charge in [0.1, 0.15) is 5.00 Å². The maximum absolute atomic E-state index is 12.4. The first-order valence-corrected chi connectivity index (χ1v) is 6.84. The maximum atomic E-state index is 12.4. The topological polar surface area (TPSA) is 45.2 Å². The molecule has 2 rings (SSSR count). The first kappa shape index (κ1) is 12.4. The number of hydrogen-bond acceptors (Lipinski definition) is 4. The van der Waals surface area contributed by atoms with Crippen LogP contribution in [0.3, 0.4) is 0 Å². The van der Waals surface area contributed by atoms with E-state index in [-0.39, 0.29) is 5.91 Å². The zero-order valence-corrected chi connectivity index (χ0v) is 11.4. The average molecular weight is 253 g/mol. The van der Waals surface area contributed by atoms with E-state index in [1.165, 1.54) is 11.5 Å². The van der Waals surface area contributed by atoms with Gasteiger partial charge in [0.15, 0.2) is 0 Å². The fourth-order valence-electron chi connectivity index (χ4n) is 2.16. The molecule has 1 amide bonds. The van der Waals surface area contributed by atoms with Crippen LogP contribution in [0.2, 0.25) is 0 Å². The lowest BCUT2D eigenvalue weighted by Crippen LogP contribution is -2.38. The Morgan fingerprint density at radius 1 is 1.47 bits per heavy atom. The summed E-state index contributed by atoms with van der Waals surface area (Å²) in [6, 6.07) is 0. The third kappa shape index (κ3) is 2.44. The first-order valence-electron chi connectivity index (χ1n) is 6.06. The number of piperidine rings is 1. The standard InChI is InChI=1S/C12H19N3OS/c1-8-4-6-15(7-5-8)12(16)10-9(2)14-17-11(10)13-3/h8,13H,4-7H2,1-3H3. The van der Waals surface area contributed by atoms with Gasteiger partial charge in [-0.1, -0.05) is 6.92 Å². The molecular formula is C12H19N3OS. The predicted octanol–water partition coefficient (Wildman–Crippen LogP) is 2.37. The van der Waals surface area contributed by atoms with Crippen molar-refractivity contribution < 1.29 is 4.79 Å². The normalized spacial score (nSPS) is 17.2. The van der Waals surface area contributed by atoms with E-state index in [0.29, 0.717) is 0 Å². The quantitative estimate of drug-likeness (QED) is 0.880. The van der Waals surface area contributed by atoms with Crippen molar-refractivity contribution >= 4 is 22.4 Å². The Balaban J connectivity index is 2.16. The highest BCUT2D eigenvalue weighted by Crippen LogP contribution is 2.27. The number of anilines is 1. The minimum Gasteiger partial charge on any atom is -0.378 e. The lowest BCUT2D eigenvalue weighted by atomic mass is 9.98. The van der Waals surface area contributed by atoms with E-state index >= 15 is 0 Å². The number of amides is 1. The molecule has 0 radical (unpaired) electrons. The number of aromatic nitrogens is 1. The Morgan fingerprint density at radius 3 is 2.71 bits per heavy atom. The van der Waals surface area contributed by atoms with Gasteiger partial charge in [0.05, 0.1) is 11.3 Å². The second-order valence-electron chi connectivity index (χ2n) is 4.70. The van der Waals surface area contributed by atoms with Crippen LogP contribution < -0.4 is 5.32 Å². The highest BCUT2D eigenvalue weighted by atomic mass is 32.1. The van der Waals surface area contributed by atoms with E-state index in [2.05, 4.69) is 16.6 Å². The van der Waals surface area contributed by atoms with E-state index in [1.54, 1.807) is 0 Å².